The molecule has 0 saturated carbocycles. The first kappa shape index (κ1) is 13.9. The summed E-state index contributed by atoms with van der Waals surface area (Å²) in [6.07, 6.45) is 2.73. The third-order valence-electron chi connectivity index (χ3n) is 3.28. The third kappa shape index (κ3) is 3.75. The Morgan fingerprint density at radius 1 is 1.56 bits per heavy atom. The van der Waals surface area contributed by atoms with Gasteiger partial charge in [0.25, 0.3) is 0 Å². The van der Waals surface area contributed by atoms with Crippen molar-refractivity contribution in [3.8, 4) is 0 Å². The van der Waals surface area contributed by atoms with Crippen LogP contribution in [0.2, 0.25) is 0 Å². The van der Waals surface area contributed by atoms with Gasteiger partial charge in [0.1, 0.15) is 5.01 Å². The van der Waals surface area contributed by atoms with Crippen molar-refractivity contribution in [2.75, 3.05) is 19.7 Å². The van der Waals surface area contributed by atoms with Gasteiger partial charge in [-0.15, -0.1) is 11.3 Å². The Kier molecular flexibility index (Phi) is 5.12. The van der Waals surface area contributed by atoms with Gasteiger partial charge in [0, 0.05) is 31.6 Å². The predicted octanol–water partition coefficient (Wildman–Crippen LogP) is 2.16. The molecule has 2 heterocycles. The zero-order chi connectivity index (χ0) is 13.0. The van der Waals surface area contributed by atoms with E-state index in [1.807, 2.05) is 6.92 Å². The summed E-state index contributed by atoms with van der Waals surface area (Å²) in [6, 6.07) is 0.0486. The molecule has 0 bridgehead atoms. The van der Waals surface area contributed by atoms with Crippen LogP contribution in [0.4, 0.5) is 0 Å². The van der Waals surface area contributed by atoms with Crippen LogP contribution in [0.1, 0.15) is 43.4 Å². The van der Waals surface area contributed by atoms with Crippen molar-refractivity contribution in [1.29, 1.82) is 0 Å². The summed E-state index contributed by atoms with van der Waals surface area (Å²) in [5.41, 5.74) is 6.98. The number of hydrogen-bond donors (Lipinski definition) is 1. The number of piperidine rings is 1. The molecular formula is C13H23N3OS. The van der Waals surface area contributed by atoms with Crippen LogP contribution < -0.4 is 5.73 Å². The van der Waals surface area contributed by atoms with Crippen LogP contribution in [-0.4, -0.2) is 35.7 Å². The number of rotatable bonds is 5. The zero-order valence-electron chi connectivity index (χ0n) is 11.3. The van der Waals surface area contributed by atoms with Crippen LogP contribution in [0, 0.1) is 0 Å². The van der Waals surface area contributed by atoms with Gasteiger partial charge in [-0.1, -0.05) is 0 Å². The second-order valence-corrected chi connectivity index (χ2v) is 5.79. The Morgan fingerprint density at radius 2 is 2.28 bits per heavy atom. The minimum absolute atomic E-state index is 0.0486. The quantitative estimate of drug-likeness (QED) is 0.890. The van der Waals surface area contributed by atoms with Crippen LogP contribution in [0.5, 0.6) is 0 Å². The fourth-order valence-electron chi connectivity index (χ4n) is 2.30. The molecule has 1 atom stereocenters. The van der Waals surface area contributed by atoms with Gasteiger partial charge in [0.15, 0.2) is 0 Å². The molecule has 1 unspecified atom stereocenters. The van der Waals surface area contributed by atoms with E-state index in [4.69, 9.17) is 10.5 Å². The Hall–Kier alpha value is -0.490. The first-order valence-electron chi connectivity index (χ1n) is 6.73. The Bertz CT molecular complexity index is 359. The lowest BCUT2D eigenvalue weighted by molar-refractivity contribution is 0.0123. The summed E-state index contributed by atoms with van der Waals surface area (Å²) in [7, 11) is 0. The molecule has 1 aromatic rings. The van der Waals surface area contributed by atoms with Gasteiger partial charge in [-0.2, -0.15) is 0 Å². The normalized spacial score (nSPS) is 20.2. The van der Waals surface area contributed by atoms with Crippen molar-refractivity contribution in [3.05, 3.63) is 16.1 Å². The molecule has 0 aromatic carbocycles. The van der Waals surface area contributed by atoms with Gasteiger partial charge in [-0.3, -0.25) is 4.90 Å². The fourth-order valence-corrected chi connectivity index (χ4v) is 3.07. The molecule has 18 heavy (non-hydrogen) atoms. The van der Waals surface area contributed by atoms with E-state index in [1.54, 1.807) is 11.3 Å². The fraction of sp³-hybridized carbons (Fsp3) is 0.769. The molecule has 5 heteroatoms. The maximum absolute atomic E-state index is 5.83. The van der Waals surface area contributed by atoms with Crippen molar-refractivity contribution >= 4 is 11.3 Å². The van der Waals surface area contributed by atoms with Crippen molar-refractivity contribution in [1.82, 2.24) is 9.88 Å². The predicted molar refractivity (Wildman–Crippen MR) is 74.6 cm³/mol. The van der Waals surface area contributed by atoms with E-state index in [0.29, 0.717) is 6.10 Å². The van der Waals surface area contributed by atoms with Crippen molar-refractivity contribution in [2.45, 2.75) is 45.4 Å². The van der Waals surface area contributed by atoms with Gasteiger partial charge in [-0.25, -0.2) is 4.98 Å². The summed E-state index contributed by atoms with van der Waals surface area (Å²) in [5, 5.41) is 3.17. The topological polar surface area (TPSA) is 51.4 Å². The van der Waals surface area contributed by atoms with Crippen molar-refractivity contribution in [3.63, 3.8) is 0 Å². The molecule has 0 spiro atoms. The van der Waals surface area contributed by atoms with Crippen molar-refractivity contribution in [2.24, 2.45) is 5.73 Å². The highest BCUT2D eigenvalue weighted by atomic mass is 32.1. The van der Waals surface area contributed by atoms with E-state index in [0.717, 1.165) is 49.8 Å². The van der Waals surface area contributed by atoms with Gasteiger partial charge in [-0.05, 0) is 26.7 Å². The zero-order valence-corrected chi connectivity index (χ0v) is 12.1. The maximum Gasteiger partial charge on any atom is 0.109 e. The van der Waals surface area contributed by atoms with E-state index in [2.05, 4.69) is 22.2 Å². The minimum Gasteiger partial charge on any atom is -0.378 e. The van der Waals surface area contributed by atoms with Crippen LogP contribution in [0.25, 0.3) is 0 Å². The highest BCUT2D eigenvalue weighted by molar-refractivity contribution is 7.09. The van der Waals surface area contributed by atoms with Crippen LogP contribution in [0.15, 0.2) is 5.38 Å². The van der Waals surface area contributed by atoms with Gasteiger partial charge in [0.05, 0.1) is 17.8 Å². The highest BCUT2D eigenvalue weighted by Gasteiger charge is 2.20. The smallest absolute Gasteiger partial charge is 0.109 e. The van der Waals surface area contributed by atoms with E-state index in [-0.39, 0.29) is 6.04 Å². The molecule has 1 fully saturated rings. The third-order valence-corrected chi connectivity index (χ3v) is 4.38. The summed E-state index contributed by atoms with van der Waals surface area (Å²) in [4.78, 5) is 7.03. The number of nitrogens with two attached hydrogens (primary N) is 1. The first-order chi connectivity index (χ1) is 8.69. The molecular weight excluding hydrogens is 246 g/mol. The Labute approximate surface area is 113 Å². The van der Waals surface area contributed by atoms with E-state index in [9.17, 15) is 0 Å². The monoisotopic (exact) mass is 269 g/mol. The molecule has 2 rings (SSSR count). The summed E-state index contributed by atoms with van der Waals surface area (Å²) < 4.78 is 5.66. The Balaban J connectivity index is 1.80. The molecule has 1 aromatic heterocycles. The number of likely N-dealkylation sites (tertiary alicyclic amines) is 1. The van der Waals surface area contributed by atoms with Crippen LogP contribution in [-0.2, 0) is 11.3 Å². The molecule has 0 radical (unpaired) electrons. The average Bonchev–Trinajstić information content (AvgIpc) is 2.81. The number of thiazole rings is 1. The second-order valence-electron chi connectivity index (χ2n) is 4.90. The first-order valence-corrected chi connectivity index (χ1v) is 7.60. The Morgan fingerprint density at radius 3 is 2.83 bits per heavy atom. The van der Waals surface area contributed by atoms with Crippen LogP contribution in [0.3, 0.4) is 0 Å². The van der Waals surface area contributed by atoms with Crippen molar-refractivity contribution < 1.29 is 4.74 Å². The lowest BCUT2D eigenvalue weighted by Crippen LogP contribution is -2.36. The van der Waals surface area contributed by atoms with E-state index < -0.39 is 0 Å². The largest absolute Gasteiger partial charge is 0.378 e. The number of nitrogens with zero attached hydrogens (tertiary/aromatic N) is 2. The number of hydrogen-bond acceptors (Lipinski definition) is 5. The molecule has 1 aliphatic heterocycles. The lowest BCUT2D eigenvalue weighted by atomic mass is 10.1. The molecule has 0 amide bonds. The van der Waals surface area contributed by atoms with E-state index >= 15 is 0 Å². The number of ether oxygens (including phenoxy) is 1. The summed E-state index contributed by atoms with van der Waals surface area (Å²) >= 11 is 1.67. The maximum atomic E-state index is 5.83. The SMILES string of the molecule is CCOC1CCN(Cc2csc(C(C)N)n2)CC1. The summed E-state index contributed by atoms with van der Waals surface area (Å²) in [5.74, 6) is 0. The molecule has 102 valence electrons. The summed E-state index contributed by atoms with van der Waals surface area (Å²) in [6.45, 7) is 8.04. The molecule has 4 nitrogen and oxygen atoms in total. The molecule has 2 N–H and O–H groups in total. The number of aromatic nitrogens is 1. The van der Waals surface area contributed by atoms with Gasteiger partial charge >= 0.3 is 0 Å². The molecule has 0 aliphatic carbocycles. The second kappa shape index (κ2) is 6.61. The minimum atomic E-state index is 0.0486. The highest BCUT2D eigenvalue weighted by Crippen LogP contribution is 2.19. The standard InChI is InChI=1S/C13H23N3OS/c1-3-17-12-4-6-16(7-5-12)8-11-9-18-13(15-11)10(2)14/h9-10,12H,3-8,14H2,1-2H3. The van der Waals surface area contributed by atoms with Gasteiger partial charge < -0.3 is 10.5 Å². The van der Waals surface area contributed by atoms with Gasteiger partial charge in [0.2, 0.25) is 0 Å². The van der Waals surface area contributed by atoms with Crippen LogP contribution >= 0.6 is 11.3 Å². The van der Waals surface area contributed by atoms with E-state index in [1.165, 1.54) is 0 Å². The molecule has 1 aliphatic rings. The lowest BCUT2D eigenvalue weighted by Gasteiger charge is -2.31. The average molecular weight is 269 g/mol. The molecule has 1 saturated heterocycles.